The second-order valence-electron chi connectivity index (χ2n) is 6.89. The van der Waals surface area contributed by atoms with Crippen molar-refractivity contribution < 1.29 is 12.9 Å². The number of hydrogen-bond donors (Lipinski definition) is 1. The Balaban J connectivity index is 1.42. The van der Waals surface area contributed by atoms with Crippen molar-refractivity contribution in [3.63, 3.8) is 0 Å². The Bertz CT molecular complexity index is 1260. The summed E-state index contributed by atoms with van der Waals surface area (Å²) < 4.78 is 34.4. The zero-order valence-corrected chi connectivity index (χ0v) is 17.4. The van der Waals surface area contributed by atoms with Gasteiger partial charge in [-0.2, -0.15) is 10.1 Å². The molecule has 2 aromatic carbocycles. The maximum Gasteiger partial charge on any atom is 0.240 e. The fourth-order valence-corrected chi connectivity index (χ4v) is 4.07. The van der Waals surface area contributed by atoms with Crippen LogP contribution in [0.4, 0.5) is 0 Å². The van der Waals surface area contributed by atoms with E-state index in [0.29, 0.717) is 18.1 Å². The molecule has 0 radical (unpaired) electrons. The van der Waals surface area contributed by atoms with Crippen molar-refractivity contribution in [3.8, 4) is 22.6 Å². The number of aromatic nitrogens is 4. The lowest BCUT2D eigenvalue weighted by Crippen LogP contribution is -2.26. The van der Waals surface area contributed by atoms with E-state index in [9.17, 15) is 8.42 Å². The maximum atomic E-state index is 12.4. The molecule has 4 rings (SSSR count). The molecule has 1 N–H and O–H groups in total. The van der Waals surface area contributed by atoms with E-state index in [1.165, 1.54) is 0 Å². The summed E-state index contributed by atoms with van der Waals surface area (Å²) in [7, 11) is -1.69. The number of nitrogens with zero attached hydrogens (tertiary/aromatic N) is 4. The van der Waals surface area contributed by atoms with Crippen molar-refractivity contribution in [2.24, 2.45) is 7.05 Å². The van der Waals surface area contributed by atoms with Crippen LogP contribution in [0.1, 0.15) is 11.5 Å². The van der Waals surface area contributed by atoms with Crippen LogP contribution >= 0.6 is 0 Å². The van der Waals surface area contributed by atoms with Crippen LogP contribution < -0.4 is 4.72 Å². The monoisotopic (exact) mass is 423 g/mol. The van der Waals surface area contributed by atoms with Gasteiger partial charge in [-0.25, -0.2) is 13.1 Å². The number of hydrogen-bond acceptors (Lipinski definition) is 6. The normalized spacial score (nSPS) is 11.7. The average molecular weight is 423 g/mol. The first kappa shape index (κ1) is 20.0. The van der Waals surface area contributed by atoms with Gasteiger partial charge in [0.05, 0.1) is 10.6 Å². The van der Waals surface area contributed by atoms with E-state index in [1.54, 1.807) is 35.1 Å². The number of nitrogens with one attached hydrogen (secondary N) is 1. The molecule has 0 amide bonds. The summed E-state index contributed by atoms with van der Waals surface area (Å²) in [6, 6.07) is 16.4. The summed E-state index contributed by atoms with van der Waals surface area (Å²) in [5.41, 5.74) is 3.78. The second kappa shape index (κ2) is 8.21. The molecule has 0 aliphatic carbocycles. The van der Waals surface area contributed by atoms with Crippen LogP contribution in [-0.4, -0.2) is 34.9 Å². The molecule has 0 aliphatic heterocycles. The van der Waals surface area contributed by atoms with Crippen LogP contribution in [0.15, 0.2) is 70.2 Å². The van der Waals surface area contributed by atoms with Crippen molar-refractivity contribution in [1.82, 2.24) is 24.6 Å². The molecule has 0 spiro atoms. The van der Waals surface area contributed by atoms with E-state index in [-0.39, 0.29) is 11.4 Å². The zero-order chi connectivity index (χ0) is 21.1. The highest BCUT2D eigenvalue weighted by Gasteiger charge is 2.15. The fourth-order valence-electron chi connectivity index (χ4n) is 3.04. The van der Waals surface area contributed by atoms with Gasteiger partial charge in [0.25, 0.3) is 0 Å². The van der Waals surface area contributed by atoms with Gasteiger partial charge < -0.3 is 4.52 Å². The minimum absolute atomic E-state index is 0.160. The van der Waals surface area contributed by atoms with Crippen LogP contribution in [0.3, 0.4) is 0 Å². The first-order valence-corrected chi connectivity index (χ1v) is 10.9. The highest BCUT2D eigenvalue weighted by Crippen LogP contribution is 2.24. The molecule has 2 heterocycles. The molecule has 9 heteroatoms. The Hall–Kier alpha value is -3.30. The van der Waals surface area contributed by atoms with Gasteiger partial charge in [-0.3, -0.25) is 4.68 Å². The van der Waals surface area contributed by atoms with Gasteiger partial charge in [-0.15, -0.1) is 0 Å². The van der Waals surface area contributed by atoms with Crippen LogP contribution in [0.2, 0.25) is 0 Å². The summed E-state index contributed by atoms with van der Waals surface area (Å²) >= 11 is 0. The third kappa shape index (κ3) is 4.32. The molecule has 0 saturated carbocycles. The van der Waals surface area contributed by atoms with E-state index in [4.69, 9.17) is 4.52 Å². The van der Waals surface area contributed by atoms with Crippen LogP contribution in [-0.2, 0) is 23.5 Å². The Morgan fingerprint density at radius 3 is 2.57 bits per heavy atom. The summed E-state index contributed by atoms with van der Waals surface area (Å²) in [5.74, 6) is 0.818. The highest BCUT2D eigenvalue weighted by atomic mass is 32.2. The molecule has 4 aromatic rings. The standard InChI is InChI=1S/C21H21N5O3S/c1-15-6-8-18(9-7-15)30(27,28)23-13-11-20-24-21(25-29-20)17-5-3-4-16(14-17)19-10-12-22-26(19)2/h3-10,12,14,23H,11,13H2,1-2H3. The van der Waals surface area contributed by atoms with Crippen molar-refractivity contribution in [2.75, 3.05) is 6.54 Å². The Morgan fingerprint density at radius 2 is 1.83 bits per heavy atom. The summed E-state index contributed by atoms with van der Waals surface area (Å²) in [5, 5.41) is 8.22. The van der Waals surface area contributed by atoms with Gasteiger partial charge in [0.15, 0.2) is 0 Å². The number of sulfonamides is 1. The number of benzene rings is 2. The predicted octanol–water partition coefficient (Wildman–Crippen LogP) is 2.97. The highest BCUT2D eigenvalue weighted by molar-refractivity contribution is 7.89. The molecule has 0 atom stereocenters. The molecule has 0 aliphatic rings. The zero-order valence-electron chi connectivity index (χ0n) is 16.6. The lowest BCUT2D eigenvalue weighted by molar-refractivity contribution is 0.379. The molecule has 2 aromatic heterocycles. The minimum Gasteiger partial charge on any atom is -0.339 e. The van der Waals surface area contributed by atoms with Crippen molar-refractivity contribution in [3.05, 3.63) is 72.2 Å². The third-order valence-corrected chi connectivity index (χ3v) is 6.14. The lowest BCUT2D eigenvalue weighted by Gasteiger charge is -2.05. The van der Waals surface area contributed by atoms with Gasteiger partial charge in [0, 0.05) is 37.3 Å². The van der Waals surface area contributed by atoms with Gasteiger partial charge in [-0.1, -0.05) is 41.1 Å². The summed E-state index contributed by atoms with van der Waals surface area (Å²) in [6.45, 7) is 2.07. The summed E-state index contributed by atoms with van der Waals surface area (Å²) in [4.78, 5) is 4.62. The quantitative estimate of drug-likeness (QED) is 0.490. The first-order chi connectivity index (χ1) is 14.4. The van der Waals surface area contributed by atoms with Crippen LogP contribution in [0.5, 0.6) is 0 Å². The first-order valence-electron chi connectivity index (χ1n) is 9.40. The molecule has 30 heavy (non-hydrogen) atoms. The van der Waals surface area contributed by atoms with E-state index < -0.39 is 10.0 Å². The van der Waals surface area contributed by atoms with E-state index in [0.717, 1.165) is 22.4 Å². The lowest BCUT2D eigenvalue weighted by atomic mass is 10.1. The summed E-state index contributed by atoms with van der Waals surface area (Å²) in [6.07, 6.45) is 2.03. The van der Waals surface area contributed by atoms with Gasteiger partial charge in [-0.05, 0) is 31.2 Å². The number of aryl methyl sites for hydroxylation is 2. The van der Waals surface area contributed by atoms with Gasteiger partial charge in [0.1, 0.15) is 0 Å². The van der Waals surface area contributed by atoms with Crippen LogP contribution in [0.25, 0.3) is 22.6 Å². The Labute approximate surface area is 174 Å². The fraction of sp³-hybridized carbons (Fsp3) is 0.190. The topological polar surface area (TPSA) is 103 Å². The average Bonchev–Trinajstić information content (AvgIpc) is 3.37. The third-order valence-electron chi connectivity index (χ3n) is 4.67. The molecule has 8 nitrogen and oxygen atoms in total. The van der Waals surface area contributed by atoms with E-state index in [1.807, 2.05) is 44.3 Å². The number of rotatable bonds is 7. The molecule has 0 fully saturated rings. The van der Waals surface area contributed by atoms with Gasteiger partial charge >= 0.3 is 0 Å². The molecule has 0 saturated heterocycles. The van der Waals surface area contributed by atoms with Crippen molar-refractivity contribution >= 4 is 10.0 Å². The van der Waals surface area contributed by atoms with E-state index in [2.05, 4.69) is 20.0 Å². The maximum absolute atomic E-state index is 12.4. The smallest absolute Gasteiger partial charge is 0.240 e. The van der Waals surface area contributed by atoms with Crippen molar-refractivity contribution in [1.29, 1.82) is 0 Å². The van der Waals surface area contributed by atoms with E-state index >= 15 is 0 Å². The SMILES string of the molecule is Cc1ccc(S(=O)(=O)NCCc2nc(-c3cccc(-c4ccnn4C)c3)no2)cc1. The molecule has 0 unspecified atom stereocenters. The predicted molar refractivity (Wildman–Crippen MR) is 112 cm³/mol. The van der Waals surface area contributed by atoms with Crippen LogP contribution in [0, 0.1) is 6.92 Å². The second-order valence-corrected chi connectivity index (χ2v) is 8.66. The largest absolute Gasteiger partial charge is 0.339 e. The Morgan fingerprint density at radius 1 is 1.07 bits per heavy atom. The molecular formula is C21H21N5O3S. The molecular weight excluding hydrogens is 402 g/mol. The minimum atomic E-state index is -3.58. The van der Waals surface area contributed by atoms with Crippen molar-refractivity contribution in [2.45, 2.75) is 18.2 Å². The van der Waals surface area contributed by atoms with Gasteiger partial charge in [0.2, 0.25) is 21.7 Å². The molecule has 0 bridgehead atoms. The molecule has 154 valence electrons. The Kier molecular flexibility index (Phi) is 5.47.